The Morgan fingerprint density at radius 1 is 1.03 bits per heavy atom. The number of rotatable bonds is 4. The molecule has 2 aromatic carbocycles. The van der Waals surface area contributed by atoms with Gasteiger partial charge in [-0.1, -0.05) is 30.3 Å². The minimum absolute atomic E-state index is 0.161. The number of aryl methyl sites for hydroxylation is 1. The van der Waals surface area contributed by atoms with Crippen molar-refractivity contribution >= 4 is 16.8 Å². The summed E-state index contributed by atoms with van der Waals surface area (Å²) in [5, 5.41) is 1.16. The highest BCUT2D eigenvalue weighted by Gasteiger charge is 2.46. The molecular weight excluding hydrogens is 412 g/mol. The maximum absolute atomic E-state index is 13.0. The van der Waals surface area contributed by atoms with Crippen LogP contribution in [0.3, 0.4) is 0 Å². The summed E-state index contributed by atoms with van der Waals surface area (Å²) in [5.41, 5.74) is 4.62. The van der Waals surface area contributed by atoms with Gasteiger partial charge in [0.2, 0.25) is 0 Å². The minimum atomic E-state index is -0.216. The van der Waals surface area contributed by atoms with Crippen molar-refractivity contribution in [1.82, 2.24) is 9.88 Å². The zero-order valence-electron chi connectivity index (χ0n) is 19.1. The van der Waals surface area contributed by atoms with Crippen molar-refractivity contribution in [3.05, 3.63) is 60.3 Å². The van der Waals surface area contributed by atoms with E-state index >= 15 is 0 Å². The number of piperidine rings is 1. The van der Waals surface area contributed by atoms with Gasteiger partial charge in [-0.3, -0.25) is 9.78 Å². The van der Waals surface area contributed by atoms with E-state index in [4.69, 9.17) is 9.47 Å². The summed E-state index contributed by atoms with van der Waals surface area (Å²) in [7, 11) is 0. The Labute approximate surface area is 194 Å². The summed E-state index contributed by atoms with van der Waals surface area (Å²) in [6, 6.07) is 17.4. The zero-order chi connectivity index (χ0) is 22.4. The first-order chi connectivity index (χ1) is 16.2. The molecule has 170 valence electrons. The summed E-state index contributed by atoms with van der Waals surface area (Å²) >= 11 is 0. The highest BCUT2D eigenvalue weighted by molar-refractivity contribution is 5.88. The number of hydrogen-bond donors (Lipinski definition) is 0. The predicted molar refractivity (Wildman–Crippen MR) is 128 cm³/mol. The van der Waals surface area contributed by atoms with Crippen LogP contribution < -0.4 is 4.74 Å². The van der Waals surface area contributed by atoms with E-state index in [-0.39, 0.29) is 30.2 Å². The average molecular weight is 443 g/mol. The summed E-state index contributed by atoms with van der Waals surface area (Å²) in [6.07, 6.45) is 7.64. The first-order valence-corrected chi connectivity index (χ1v) is 12.2. The Kier molecular flexibility index (Phi) is 5.30. The third-order valence-corrected chi connectivity index (χ3v) is 7.65. The van der Waals surface area contributed by atoms with Gasteiger partial charge in [0.25, 0.3) is 5.91 Å². The molecule has 4 heterocycles. The molecule has 3 aliphatic rings. The summed E-state index contributed by atoms with van der Waals surface area (Å²) in [4.78, 5) is 19.7. The first kappa shape index (κ1) is 20.7. The van der Waals surface area contributed by atoms with Crippen molar-refractivity contribution in [3.63, 3.8) is 0 Å². The quantitative estimate of drug-likeness (QED) is 0.551. The third kappa shape index (κ3) is 3.78. The molecule has 1 amide bonds. The van der Waals surface area contributed by atoms with Crippen molar-refractivity contribution in [3.8, 4) is 16.9 Å². The van der Waals surface area contributed by atoms with Crippen molar-refractivity contribution in [2.24, 2.45) is 0 Å². The number of pyridine rings is 1. The van der Waals surface area contributed by atoms with Crippen LogP contribution >= 0.6 is 0 Å². The fraction of sp³-hybridized carbons (Fsp3) is 0.429. The number of fused-ring (bicyclic) bond motifs is 3. The summed E-state index contributed by atoms with van der Waals surface area (Å²) in [6.45, 7) is 2.85. The molecule has 3 fully saturated rings. The van der Waals surface area contributed by atoms with Gasteiger partial charge in [-0.15, -0.1) is 0 Å². The van der Waals surface area contributed by atoms with Crippen molar-refractivity contribution < 1.29 is 14.3 Å². The van der Waals surface area contributed by atoms with E-state index < -0.39 is 0 Å². The van der Waals surface area contributed by atoms with Crippen molar-refractivity contribution in [1.29, 1.82) is 0 Å². The maximum atomic E-state index is 13.0. The van der Waals surface area contributed by atoms with E-state index in [1.807, 2.05) is 12.3 Å². The molecule has 1 aromatic heterocycles. The monoisotopic (exact) mass is 442 g/mol. The molecule has 0 radical (unpaired) electrons. The van der Waals surface area contributed by atoms with Crippen LogP contribution in [0.5, 0.6) is 5.75 Å². The van der Waals surface area contributed by atoms with E-state index in [0.29, 0.717) is 0 Å². The van der Waals surface area contributed by atoms with Gasteiger partial charge in [0.1, 0.15) is 18.0 Å². The lowest BCUT2D eigenvalue weighted by Crippen LogP contribution is -2.52. The van der Waals surface area contributed by atoms with Crippen LogP contribution in [0.25, 0.3) is 22.0 Å². The predicted octanol–water partition coefficient (Wildman–Crippen LogP) is 5.29. The number of carbonyl (C=O) groups is 1. The van der Waals surface area contributed by atoms with Gasteiger partial charge in [0, 0.05) is 43.1 Å². The number of carbonyl (C=O) groups excluding carboxylic acids is 1. The molecule has 6 rings (SSSR count). The molecule has 5 heteroatoms. The average Bonchev–Trinajstić information content (AvgIpc) is 3.47. The Hall–Kier alpha value is -2.92. The van der Waals surface area contributed by atoms with Crippen LogP contribution in [0.1, 0.15) is 44.1 Å². The largest absolute Gasteiger partial charge is 0.490 e. The Morgan fingerprint density at radius 2 is 1.82 bits per heavy atom. The summed E-state index contributed by atoms with van der Waals surface area (Å²) < 4.78 is 12.1. The SMILES string of the molecule is Cc1c(-c2ccc(OC3C[C@H]4CC[C@H](C3)N4C(=O)[C@H]3CCCO3)cc2)ccc2cccnc12. The van der Waals surface area contributed by atoms with Gasteiger partial charge in [-0.2, -0.15) is 0 Å². The van der Waals surface area contributed by atoms with Gasteiger partial charge in [-0.05, 0) is 67.5 Å². The molecule has 2 bridgehead atoms. The lowest BCUT2D eigenvalue weighted by Gasteiger charge is -2.39. The molecule has 33 heavy (non-hydrogen) atoms. The molecule has 0 spiro atoms. The zero-order valence-corrected chi connectivity index (χ0v) is 19.1. The number of amides is 1. The fourth-order valence-corrected chi connectivity index (χ4v) is 6.03. The Balaban J connectivity index is 1.14. The number of benzene rings is 2. The van der Waals surface area contributed by atoms with Crippen molar-refractivity contribution in [2.75, 3.05) is 6.61 Å². The number of ether oxygens (including phenoxy) is 2. The lowest BCUT2D eigenvalue weighted by atomic mass is 9.97. The number of nitrogens with zero attached hydrogens (tertiary/aromatic N) is 2. The van der Waals surface area contributed by atoms with Crippen LogP contribution in [-0.2, 0) is 9.53 Å². The second kappa shape index (κ2) is 8.45. The second-order valence-electron chi connectivity index (χ2n) is 9.68. The maximum Gasteiger partial charge on any atom is 0.252 e. The topological polar surface area (TPSA) is 51.7 Å². The molecule has 5 nitrogen and oxygen atoms in total. The molecule has 3 saturated heterocycles. The molecule has 0 unspecified atom stereocenters. The molecule has 3 aliphatic heterocycles. The van der Waals surface area contributed by atoms with Crippen LogP contribution in [0.15, 0.2) is 54.7 Å². The van der Waals surface area contributed by atoms with Crippen LogP contribution in [-0.4, -0.2) is 46.7 Å². The molecule has 3 atom stereocenters. The first-order valence-electron chi connectivity index (χ1n) is 12.2. The van der Waals surface area contributed by atoms with Gasteiger partial charge in [0.05, 0.1) is 5.52 Å². The minimum Gasteiger partial charge on any atom is -0.490 e. The molecule has 3 aromatic rings. The standard InChI is InChI=1S/C28H30N2O3/c1-18-25(13-8-20-4-2-14-29-27(18)20)19-6-11-23(12-7-19)33-24-16-21-9-10-22(17-24)30(21)28(31)26-5-3-15-32-26/h2,4,6-8,11-14,21-22,24,26H,3,5,9-10,15-17H2,1H3/t21-,22-,26-/m1/s1. The molecule has 0 N–H and O–H groups in total. The molecular formula is C28H30N2O3. The number of aromatic nitrogens is 1. The fourth-order valence-electron chi connectivity index (χ4n) is 6.03. The smallest absolute Gasteiger partial charge is 0.252 e. The van der Waals surface area contributed by atoms with Gasteiger partial charge in [0.15, 0.2) is 0 Å². The van der Waals surface area contributed by atoms with E-state index in [2.05, 4.69) is 59.3 Å². The lowest BCUT2D eigenvalue weighted by molar-refractivity contribution is -0.147. The van der Waals surface area contributed by atoms with Gasteiger partial charge in [-0.25, -0.2) is 0 Å². The second-order valence-corrected chi connectivity index (χ2v) is 9.68. The van der Waals surface area contributed by atoms with Crippen LogP contribution in [0.4, 0.5) is 0 Å². The molecule has 0 saturated carbocycles. The highest BCUT2D eigenvalue weighted by atomic mass is 16.5. The van der Waals surface area contributed by atoms with E-state index in [9.17, 15) is 4.79 Å². The molecule has 0 aliphatic carbocycles. The number of hydrogen-bond acceptors (Lipinski definition) is 4. The van der Waals surface area contributed by atoms with Gasteiger partial charge < -0.3 is 14.4 Å². The normalized spacial score (nSPS) is 26.6. The van der Waals surface area contributed by atoms with E-state index in [1.165, 1.54) is 16.7 Å². The van der Waals surface area contributed by atoms with E-state index in [0.717, 1.165) is 61.8 Å². The third-order valence-electron chi connectivity index (χ3n) is 7.65. The van der Waals surface area contributed by atoms with Crippen molar-refractivity contribution in [2.45, 2.75) is 69.7 Å². The van der Waals surface area contributed by atoms with Gasteiger partial charge >= 0.3 is 0 Å². The van der Waals surface area contributed by atoms with Crippen LogP contribution in [0, 0.1) is 6.92 Å². The Morgan fingerprint density at radius 3 is 2.55 bits per heavy atom. The summed E-state index contributed by atoms with van der Waals surface area (Å²) in [5.74, 6) is 1.11. The highest BCUT2D eigenvalue weighted by Crippen LogP contribution is 2.39. The Bertz CT molecular complexity index is 1160. The van der Waals surface area contributed by atoms with E-state index in [1.54, 1.807) is 0 Å². The van der Waals surface area contributed by atoms with Crippen LogP contribution in [0.2, 0.25) is 0 Å².